The number of piperidine rings is 1. The van der Waals surface area contributed by atoms with E-state index in [-0.39, 0.29) is 5.92 Å². The molecule has 1 aliphatic heterocycles. The molecular formula is C16H35BN2O4. The standard InChI is InChI=1S/C13H23NO2.C2H7BO2.CH5N/c15-13(16)12-7-3-2-6-11(12)10-14-8-4-1-5-9-14;1-2-3(4)5;1-2/h11-12H,1-10H2,(H,15,16);4-5H,2H2,1H3;2H2,1H3/t11-,12-;;/m0../s1. The van der Waals surface area contributed by atoms with E-state index < -0.39 is 13.1 Å². The molecule has 23 heavy (non-hydrogen) atoms. The summed E-state index contributed by atoms with van der Waals surface area (Å²) < 4.78 is 0. The van der Waals surface area contributed by atoms with E-state index in [1.807, 2.05) is 0 Å². The van der Waals surface area contributed by atoms with Crippen molar-refractivity contribution in [1.29, 1.82) is 0 Å². The Balaban J connectivity index is 0.000000594. The van der Waals surface area contributed by atoms with Crippen molar-refractivity contribution < 1.29 is 19.9 Å². The second kappa shape index (κ2) is 13.8. The summed E-state index contributed by atoms with van der Waals surface area (Å²) in [5, 5.41) is 25.1. The maximum atomic E-state index is 11.2. The molecule has 2 aliphatic rings. The average molecular weight is 330 g/mol. The van der Waals surface area contributed by atoms with Crippen LogP contribution < -0.4 is 5.73 Å². The summed E-state index contributed by atoms with van der Waals surface area (Å²) in [6.45, 7) is 5.09. The number of carboxylic acids is 1. The summed E-state index contributed by atoms with van der Waals surface area (Å²) in [6.07, 6.45) is 8.70. The summed E-state index contributed by atoms with van der Waals surface area (Å²) >= 11 is 0. The first-order valence-corrected chi connectivity index (χ1v) is 8.93. The van der Waals surface area contributed by atoms with E-state index in [0.717, 1.165) is 25.8 Å². The van der Waals surface area contributed by atoms with Crippen LogP contribution in [-0.2, 0) is 4.79 Å². The predicted octanol–water partition coefficient (Wildman–Crippen LogP) is 1.42. The fraction of sp³-hybridized carbons (Fsp3) is 0.938. The minimum atomic E-state index is -1.12. The number of nitrogens with zero attached hydrogens (tertiary/aromatic N) is 1. The monoisotopic (exact) mass is 330 g/mol. The van der Waals surface area contributed by atoms with E-state index in [1.54, 1.807) is 6.92 Å². The molecule has 1 saturated carbocycles. The Morgan fingerprint density at radius 3 is 2.09 bits per heavy atom. The van der Waals surface area contributed by atoms with E-state index in [9.17, 15) is 9.90 Å². The van der Waals surface area contributed by atoms with Crippen molar-refractivity contribution >= 4 is 13.1 Å². The van der Waals surface area contributed by atoms with Crippen molar-refractivity contribution in [2.45, 2.75) is 58.2 Å². The average Bonchev–Trinajstić information content (AvgIpc) is 2.58. The molecule has 0 radical (unpaired) electrons. The van der Waals surface area contributed by atoms with Crippen LogP contribution in [0.1, 0.15) is 51.9 Å². The molecule has 5 N–H and O–H groups in total. The van der Waals surface area contributed by atoms with E-state index in [0.29, 0.717) is 12.2 Å². The molecule has 0 amide bonds. The van der Waals surface area contributed by atoms with Gasteiger partial charge in [0.25, 0.3) is 0 Å². The van der Waals surface area contributed by atoms with Gasteiger partial charge in [0.05, 0.1) is 5.92 Å². The van der Waals surface area contributed by atoms with Gasteiger partial charge in [-0.3, -0.25) is 4.79 Å². The molecular weight excluding hydrogens is 295 g/mol. The lowest BCUT2D eigenvalue weighted by Crippen LogP contribution is -2.39. The number of aliphatic carboxylic acids is 1. The Kier molecular flexibility index (Phi) is 13.4. The molecule has 0 aromatic rings. The van der Waals surface area contributed by atoms with Crippen molar-refractivity contribution in [3.63, 3.8) is 0 Å². The van der Waals surface area contributed by atoms with E-state index in [1.165, 1.54) is 45.8 Å². The van der Waals surface area contributed by atoms with Crippen molar-refractivity contribution in [3.05, 3.63) is 0 Å². The van der Waals surface area contributed by atoms with Gasteiger partial charge in [-0.05, 0) is 58.1 Å². The molecule has 0 unspecified atom stereocenters. The molecule has 136 valence electrons. The minimum Gasteiger partial charge on any atom is -0.481 e. The van der Waals surface area contributed by atoms with Crippen molar-refractivity contribution in [2.24, 2.45) is 17.6 Å². The molecule has 6 nitrogen and oxygen atoms in total. The summed E-state index contributed by atoms with van der Waals surface area (Å²) in [5.41, 5.74) is 4.50. The maximum Gasteiger partial charge on any atom is 0.451 e. The van der Waals surface area contributed by atoms with Gasteiger partial charge in [-0.1, -0.05) is 26.2 Å². The third-order valence-corrected chi connectivity index (χ3v) is 4.53. The predicted molar refractivity (Wildman–Crippen MR) is 94.2 cm³/mol. The number of hydrogen-bond acceptors (Lipinski definition) is 5. The summed E-state index contributed by atoms with van der Waals surface area (Å²) in [7, 11) is 0.384. The number of carbonyl (C=O) groups is 1. The van der Waals surface area contributed by atoms with Gasteiger partial charge in [-0.25, -0.2) is 0 Å². The molecule has 0 aromatic heterocycles. The number of carboxylic acid groups (broad SMARTS) is 1. The van der Waals surface area contributed by atoms with Gasteiger partial charge in [0.15, 0.2) is 0 Å². The fourth-order valence-electron chi connectivity index (χ4n) is 3.22. The van der Waals surface area contributed by atoms with Gasteiger partial charge >= 0.3 is 13.1 Å². The molecule has 2 atom stereocenters. The van der Waals surface area contributed by atoms with Crippen molar-refractivity contribution in [2.75, 3.05) is 26.7 Å². The Labute approximate surface area is 141 Å². The zero-order valence-corrected chi connectivity index (χ0v) is 14.8. The fourth-order valence-corrected chi connectivity index (χ4v) is 3.22. The molecule has 2 fully saturated rings. The van der Waals surface area contributed by atoms with Crippen molar-refractivity contribution in [1.82, 2.24) is 4.90 Å². The summed E-state index contributed by atoms with van der Waals surface area (Å²) in [6, 6.07) is 0. The van der Waals surface area contributed by atoms with Crippen LogP contribution in [0.3, 0.4) is 0 Å². The van der Waals surface area contributed by atoms with E-state index in [4.69, 9.17) is 10.0 Å². The van der Waals surface area contributed by atoms with Crippen LogP contribution in [0.15, 0.2) is 0 Å². The quantitative estimate of drug-likeness (QED) is 0.581. The second-order valence-electron chi connectivity index (χ2n) is 6.24. The van der Waals surface area contributed by atoms with Crippen LogP contribution in [0, 0.1) is 11.8 Å². The topological polar surface area (TPSA) is 107 Å². The molecule has 1 heterocycles. The summed E-state index contributed by atoms with van der Waals surface area (Å²) in [5.74, 6) is -0.235. The lowest BCUT2D eigenvalue weighted by atomic mass is 9.79. The van der Waals surface area contributed by atoms with Crippen LogP contribution in [0.4, 0.5) is 0 Å². The largest absolute Gasteiger partial charge is 0.481 e. The molecule has 2 rings (SSSR count). The first-order valence-electron chi connectivity index (χ1n) is 8.93. The smallest absolute Gasteiger partial charge is 0.451 e. The van der Waals surface area contributed by atoms with E-state index in [2.05, 4.69) is 10.6 Å². The van der Waals surface area contributed by atoms with Gasteiger partial charge in [0.1, 0.15) is 0 Å². The highest BCUT2D eigenvalue weighted by Crippen LogP contribution is 2.31. The molecule has 1 aliphatic carbocycles. The molecule has 7 heteroatoms. The highest BCUT2D eigenvalue weighted by Gasteiger charge is 2.31. The Hall–Kier alpha value is -0.625. The molecule has 0 spiro atoms. The van der Waals surface area contributed by atoms with Crippen molar-refractivity contribution in [3.8, 4) is 0 Å². The van der Waals surface area contributed by atoms with Gasteiger partial charge in [-0.2, -0.15) is 0 Å². The first kappa shape index (κ1) is 22.4. The van der Waals surface area contributed by atoms with Gasteiger partial charge in [0.2, 0.25) is 0 Å². The SMILES string of the molecule is CCB(O)O.CN.O=C(O)[C@H]1CCCC[C@H]1CN1CCCCC1. The molecule has 0 bridgehead atoms. The minimum absolute atomic E-state index is 0.0734. The third kappa shape index (κ3) is 9.97. The Morgan fingerprint density at radius 2 is 1.61 bits per heavy atom. The van der Waals surface area contributed by atoms with Crippen LogP contribution in [0.2, 0.25) is 6.32 Å². The normalized spacial score (nSPS) is 24.6. The first-order chi connectivity index (χ1) is 11.0. The van der Waals surface area contributed by atoms with Gasteiger partial charge < -0.3 is 25.8 Å². The number of likely N-dealkylation sites (tertiary alicyclic amines) is 1. The second-order valence-corrected chi connectivity index (χ2v) is 6.24. The zero-order chi connectivity index (χ0) is 17.7. The molecule has 0 aromatic carbocycles. The van der Waals surface area contributed by atoms with Crippen LogP contribution in [-0.4, -0.2) is 59.8 Å². The Bertz CT molecular complexity index is 300. The zero-order valence-electron chi connectivity index (χ0n) is 14.8. The van der Waals surface area contributed by atoms with Gasteiger partial charge in [-0.15, -0.1) is 0 Å². The van der Waals surface area contributed by atoms with E-state index >= 15 is 0 Å². The number of hydrogen-bond donors (Lipinski definition) is 4. The van der Waals surface area contributed by atoms with Gasteiger partial charge in [0, 0.05) is 6.54 Å². The van der Waals surface area contributed by atoms with Crippen LogP contribution in [0.25, 0.3) is 0 Å². The highest BCUT2D eigenvalue weighted by molar-refractivity contribution is 6.40. The maximum absolute atomic E-state index is 11.2. The number of rotatable bonds is 4. The van der Waals surface area contributed by atoms with Crippen LogP contribution in [0.5, 0.6) is 0 Å². The lowest BCUT2D eigenvalue weighted by molar-refractivity contribution is -0.145. The Morgan fingerprint density at radius 1 is 1.09 bits per heavy atom. The lowest BCUT2D eigenvalue weighted by Gasteiger charge is -2.35. The number of nitrogens with two attached hydrogens (primary N) is 1. The highest BCUT2D eigenvalue weighted by atomic mass is 16.4. The molecule has 1 saturated heterocycles. The summed E-state index contributed by atoms with van der Waals surface area (Å²) in [4.78, 5) is 13.7. The van der Waals surface area contributed by atoms with Crippen LogP contribution >= 0.6 is 0 Å². The third-order valence-electron chi connectivity index (χ3n) is 4.53.